The van der Waals surface area contributed by atoms with Crippen molar-refractivity contribution in [2.75, 3.05) is 14.2 Å². The Morgan fingerprint density at radius 2 is 1.71 bits per heavy atom. The van der Waals surface area contributed by atoms with Gasteiger partial charge in [0.15, 0.2) is 0 Å². The van der Waals surface area contributed by atoms with Crippen molar-refractivity contribution in [2.24, 2.45) is 0 Å². The van der Waals surface area contributed by atoms with Crippen molar-refractivity contribution in [3.8, 4) is 22.9 Å². The number of methoxy groups -OCH3 is 1. The molecule has 156 valence electrons. The molecule has 0 saturated heterocycles. The molecule has 2 heterocycles. The van der Waals surface area contributed by atoms with Crippen LogP contribution in [0.4, 0.5) is 0 Å². The summed E-state index contributed by atoms with van der Waals surface area (Å²) in [6.45, 7) is 0. The number of aromatic nitrogens is 3. The van der Waals surface area contributed by atoms with Gasteiger partial charge in [0.1, 0.15) is 22.5 Å². The topological polar surface area (TPSA) is 89.2 Å². The predicted octanol–water partition coefficient (Wildman–Crippen LogP) is 5.26. The second-order valence-electron chi connectivity index (χ2n) is 6.99. The third-order valence-corrected chi connectivity index (χ3v) is 7.06. The minimum absolute atomic E-state index is 0.364. The third-order valence-electron chi connectivity index (χ3n) is 5.17. The maximum absolute atomic E-state index is 13.5. The summed E-state index contributed by atoms with van der Waals surface area (Å²) in [6, 6.07) is 22.4. The molecule has 0 aliphatic carbocycles. The van der Waals surface area contributed by atoms with E-state index >= 15 is 0 Å². The summed E-state index contributed by atoms with van der Waals surface area (Å²) >= 11 is 0. The lowest BCUT2D eigenvalue weighted by molar-refractivity contribution is 0.331. The maximum atomic E-state index is 13.5. The van der Waals surface area contributed by atoms with Gasteiger partial charge in [0.05, 0.1) is 18.3 Å². The number of hydrogen-bond acceptors (Lipinski definition) is 5. The van der Waals surface area contributed by atoms with Crippen LogP contribution in [0, 0.1) is 0 Å². The van der Waals surface area contributed by atoms with Gasteiger partial charge in [-0.3, -0.25) is 9.62 Å². The van der Waals surface area contributed by atoms with E-state index in [1.165, 1.54) is 14.2 Å². The van der Waals surface area contributed by atoms with Gasteiger partial charge >= 0.3 is 7.60 Å². The van der Waals surface area contributed by atoms with Crippen molar-refractivity contribution in [1.29, 1.82) is 0 Å². The van der Waals surface area contributed by atoms with Gasteiger partial charge in [-0.2, -0.15) is 5.10 Å². The molecule has 0 fully saturated rings. The summed E-state index contributed by atoms with van der Waals surface area (Å²) in [5.41, 5.74) is 3.50. The molecule has 0 aliphatic heterocycles. The molecule has 3 aromatic carbocycles. The molecule has 1 atom stereocenters. The number of hydrogen-bond donors (Lipinski definition) is 2. The van der Waals surface area contributed by atoms with E-state index in [0.29, 0.717) is 16.8 Å². The van der Waals surface area contributed by atoms with Gasteiger partial charge < -0.3 is 14.2 Å². The number of para-hydroxylation sites is 2. The van der Waals surface area contributed by atoms with Crippen LogP contribution in [0.15, 0.2) is 72.8 Å². The van der Waals surface area contributed by atoms with Crippen LogP contribution in [0.25, 0.3) is 33.2 Å². The minimum Gasteiger partial charge on any atom is -0.496 e. The number of fused-ring (bicyclic) bond motifs is 2. The van der Waals surface area contributed by atoms with Gasteiger partial charge in [-0.25, -0.2) is 4.57 Å². The first-order valence-electron chi connectivity index (χ1n) is 9.66. The Morgan fingerprint density at radius 1 is 0.903 bits per heavy atom. The number of benzene rings is 3. The Labute approximate surface area is 178 Å². The smallest absolute Gasteiger partial charge is 0.414 e. The van der Waals surface area contributed by atoms with Gasteiger partial charge in [-0.15, -0.1) is 0 Å². The average molecular weight is 433 g/mol. The fourth-order valence-corrected chi connectivity index (χ4v) is 5.10. The van der Waals surface area contributed by atoms with Crippen LogP contribution in [0.2, 0.25) is 0 Å². The van der Waals surface area contributed by atoms with Crippen molar-refractivity contribution in [1.82, 2.24) is 15.2 Å². The zero-order valence-corrected chi connectivity index (χ0v) is 17.9. The van der Waals surface area contributed by atoms with Crippen LogP contribution in [-0.2, 0) is 9.09 Å². The maximum Gasteiger partial charge on any atom is 0.414 e. The van der Waals surface area contributed by atoms with Gasteiger partial charge in [-0.05, 0) is 42.5 Å². The summed E-state index contributed by atoms with van der Waals surface area (Å²) in [5, 5.41) is 9.81. The highest BCUT2D eigenvalue weighted by Gasteiger charge is 2.31. The standard InChI is InChI=1S/C23H20N3O4P/c1-28-21-9-5-6-10-22(21)31(27,29-2)30-16-11-12-19-17(14-16)23(26-25-19)20-13-15-7-3-4-8-18(15)24-20/h3-14,24H,1-2H3,(H,25,26). The van der Waals surface area contributed by atoms with E-state index in [4.69, 9.17) is 13.8 Å². The van der Waals surface area contributed by atoms with Gasteiger partial charge in [0, 0.05) is 23.4 Å². The third kappa shape index (κ3) is 3.38. The van der Waals surface area contributed by atoms with E-state index in [1.54, 1.807) is 36.4 Å². The average Bonchev–Trinajstić information content (AvgIpc) is 3.42. The summed E-state index contributed by atoms with van der Waals surface area (Å²) in [5.74, 6) is 0.846. The number of rotatable bonds is 6. The highest BCUT2D eigenvalue weighted by Crippen LogP contribution is 2.49. The van der Waals surface area contributed by atoms with E-state index in [0.717, 1.165) is 33.2 Å². The molecule has 0 radical (unpaired) electrons. The summed E-state index contributed by atoms with van der Waals surface area (Å²) < 4.78 is 30.1. The minimum atomic E-state index is -3.66. The van der Waals surface area contributed by atoms with E-state index in [9.17, 15) is 4.57 Å². The normalized spacial score (nSPS) is 13.4. The SMILES string of the molecule is COc1ccccc1P(=O)(OC)Oc1ccc2[nH]nc(-c3cc4ccccc4[nH]3)c2c1. The Kier molecular flexibility index (Phi) is 4.77. The number of H-pyrrole nitrogens is 2. The van der Waals surface area contributed by atoms with Crippen LogP contribution < -0.4 is 14.6 Å². The molecule has 5 aromatic rings. The summed E-state index contributed by atoms with van der Waals surface area (Å²) in [7, 11) is -0.784. The van der Waals surface area contributed by atoms with E-state index in [-0.39, 0.29) is 0 Å². The molecule has 5 rings (SSSR count). The molecular weight excluding hydrogens is 413 g/mol. The van der Waals surface area contributed by atoms with Gasteiger partial charge in [0.25, 0.3) is 0 Å². The summed E-state index contributed by atoms with van der Waals surface area (Å²) in [6.07, 6.45) is 0. The molecule has 31 heavy (non-hydrogen) atoms. The van der Waals surface area contributed by atoms with Gasteiger partial charge in [0.2, 0.25) is 0 Å². The first-order valence-corrected chi connectivity index (χ1v) is 11.2. The Balaban J connectivity index is 1.56. The molecule has 2 N–H and O–H groups in total. The molecule has 0 bridgehead atoms. The second-order valence-corrected chi connectivity index (χ2v) is 9.02. The van der Waals surface area contributed by atoms with Crippen LogP contribution in [0.1, 0.15) is 0 Å². The quantitative estimate of drug-likeness (QED) is 0.357. The predicted molar refractivity (Wildman–Crippen MR) is 121 cm³/mol. The largest absolute Gasteiger partial charge is 0.496 e. The van der Waals surface area contributed by atoms with Crippen LogP contribution >= 0.6 is 7.60 Å². The van der Waals surface area contributed by atoms with Crippen molar-refractivity contribution in [3.05, 3.63) is 72.8 Å². The monoisotopic (exact) mass is 433 g/mol. The molecule has 0 aliphatic rings. The van der Waals surface area contributed by atoms with Crippen molar-refractivity contribution >= 4 is 34.7 Å². The van der Waals surface area contributed by atoms with E-state index < -0.39 is 7.60 Å². The Morgan fingerprint density at radius 3 is 2.52 bits per heavy atom. The lowest BCUT2D eigenvalue weighted by Crippen LogP contribution is -2.13. The zero-order valence-electron chi connectivity index (χ0n) is 17.0. The number of nitrogens with zero attached hydrogens (tertiary/aromatic N) is 1. The van der Waals surface area contributed by atoms with Gasteiger partial charge in [-0.1, -0.05) is 30.3 Å². The number of ether oxygens (including phenoxy) is 1. The fraction of sp³-hybridized carbons (Fsp3) is 0.0870. The molecule has 0 amide bonds. The highest BCUT2D eigenvalue weighted by atomic mass is 31.2. The zero-order chi connectivity index (χ0) is 21.4. The molecule has 1 unspecified atom stereocenters. The van der Waals surface area contributed by atoms with Crippen molar-refractivity contribution in [2.45, 2.75) is 0 Å². The second kappa shape index (κ2) is 7.61. The lowest BCUT2D eigenvalue weighted by atomic mass is 10.1. The highest BCUT2D eigenvalue weighted by molar-refractivity contribution is 7.62. The van der Waals surface area contributed by atoms with E-state index in [1.807, 2.05) is 36.4 Å². The van der Waals surface area contributed by atoms with E-state index in [2.05, 4.69) is 15.2 Å². The molecular formula is C23H20N3O4P. The molecule has 0 spiro atoms. The number of aromatic amines is 2. The van der Waals surface area contributed by atoms with Crippen molar-refractivity contribution < 1.29 is 18.3 Å². The lowest BCUT2D eigenvalue weighted by Gasteiger charge is -2.19. The Bertz CT molecular complexity index is 1410. The Hall–Kier alpha value is -3.54. The molecule has 8 heteroatoms. The molecule has 7 nitrogen and oxygen atoms in total. The fourth-order valence-electron chi connectivity index (χ4n) is 3.64. The van der Waals surface area contributed by atoms with Crippen LogP contribution in [0.5, 0.6) is 11.5 Å². The van der Waals surface area contributed by atoms with Crippen LogP contribution in [0.3, 0.4) is 0 Å². The van der Waals surface area contributed by atoms with Crippen LogP contribution in [-0.4, -0.2) is 29.4 Å². The molecule has 0 saturated carbocycles. The summed E-state index contributed by atoms with van der Waals surface area (Å²) in [4.78, 5) is 3.39. The van der Waals surface area contributed by atoms with Crippen molar-refractivity contribution in [3.63, 3.8) is 0 Å². The first kappa shape index (κ1) is 19.4. The molecule has 2 aromatic heterocycles. The first-order chi connectivity index (χ1) is 15.1. The number of nitrogens with one attached hydrogen (secondary N) is 2.